The van der Waals surface area contributed by atoms with Crippen LogP contribution in [0.4, 0.5) is 27.6 Å². The minimum absolute atomic E-state index is 0.0205. The van der Waals surface area contributed by atoms with E-state index in [1.807, 2.05) is 0 Å². The molecule has 1 heterocycles. The molecule has 0 aliphatic carbocycles. The van der Waals surface area contributed by atoms with Crippen molar-refractivity contribution < 1.29 is 31.5 Å². The van der Waals surface area contributed by atoms with Gasteiger partial charge in [0.1, 0.15) is 11.6 Å². The van der Waals surface area contributed by atoms with Crippen LogP contribution in [0.15, 0.2) is 18.2 Å². The van der Waals surface area contributed by atoms with Crippen LogP contribution in [0.1, 0.15) is 6.42 Å². The standard InChI is InChI=1S/C14H15F5N2O2/c1-23-13(14(17,18)19)4-5-21(8-13)7-12(22)20-11-3-2-9(15)6-10(11)16/h2-3,6H,4-5,7-8H2,1H3,(H,20,22). The van der Waals surface area contributed by atoms with E-state index in [2.05, 4.69) is 10.1 Å². The molecule has 1 aliphatic heterocycles. The van der Waals surface area contributed by atoms with Crippen molar-refractivity contribution in [2.24, 2.45) is 0 Å². The number of alkyl halides is 3. The lowest BCUT2D eigenvalue weighted by atomic mass is 10.0. The number of carbonyl (C=O) groups excluding carboxylic acids is 1. The molecule has 0 aromatic heterocycles. The number of amides is 1. The largest absolute Gasteiger partial charge is 0.418 e. The van der Waals surface area contributed by atoms with Gasteiger partial charge in [-0.25, -0.2) is 8.78 Å². The van der Waals surface area contributed by atoms with E-state index in [9.17, 15) is 26.7 Å². The third-order valence-corrected chi connectivity index (χ3v) is 3.79. The van der Waals surface area contributed by atoms with E-state index in [0.29, 0.717) is 6.07 Å². The zero-order chi connectivity index (χ0) is 17.3. The minimum atomic E-state index is -4.55. The van der Waals surface area contributed by atoms with Crippen molar-refractivity contribution in [1.29, 1.82) is 0 Å². The number of nitrogens with zero attached hydrogens (tertiary/aromatic N) is 1. The highest BCUT2D eigenvalue weighted by Crippen LogP contribution is 2.40. The van der Waals surface area contributed by atoms with Crippen LogP contribution in [0.3, 0.4) is 0 Å². The Hall–Kier alpha value is -1.74. The van der Waals surface area contributed by atoms with Gasteiger partial charge in [-0.05, 0) is 18.6 Å². The Morgan fingerprint density at radius 2 is 2.09 bits per heavy atom. The molecule has 1 aromatic rings. The van der Waals surface area contributed by atoms with Gasteiger partial charge in [-0.2, -0.15) is 13.2 Å². The van der Waals surface area contributed by atoms with Gasteiger partial charge in [0.05, 0.1) is 12.2 Å². The first-order valence-corrected chi connectivity index (χ1v) is 6.76. The van der Waals surface area contributed by atoms with Crippen LogP contribution in [0.2, 0.25) is 0 Å². The second kappa shape index (κ2) is 6.40. The number of likely N-dealkylation sites (tertiary alicyclic amines) is 1. The first-order chi connectivity index (χ1) is 10.7. The molecule has 128 valence electrons. The van der Waals surface area contributed by atoms with Crippen LogP contribution in [-0.4, -0.2) is 49.3 Å². The Kier molecular flexibility index (Phi) is 4.90. The number of ether oxygens (including phenoxy) is 1. The summed E-state index contributed by atoms with van der Waals surface area (Å²) in [5.74, 6) is -2.44. The highest BCUT2D eigenvalue weighted by molar-refractivity contribution is 5.92. The van der Waals surface area contributed by atoms with E-state index < -0.39 is 35.9 Å². The highest BCUT2D eigenvalue weighted by atomic mass is 19.4. The molecule has 0 radical (unpaired) electrons. The lowest BCUT2D eigenvalue weighted by molar-refractivity contribution is -0.263. The van der Waals surface area contributed by atoms with Gasteiger partial charge in [0.2, 0.25) is 5.91 Å². The monoisotopic (exact) mass is 338 g/mol. The molecule has 2 rings (SSSR count). The number of halogens is 5. The molecule has 1 atom stereocenters. The zero-order valence-corrected chi connectivity index (χ0v) is 12.2. The van der Waals surface area contributed by atoms with Crippen LogP contribution in [0.25, 0.3) is 0 Å². The zero-order valence-electron chi connectivity index (χ0n) is 12.2. The first kappa shape index (κ1) is 17.6. The van der Waals surface area contributed by atoms with Crippen molar-refractivity contribution in [2.45, 2.75) is 18.2 Å². The molecule has 9 heteroatoms. The quantitative estimate of drug-likeness (QED) is 0.858. The Morgan fingerprint density at radius 1 is 1.39 bits per heavy atom. The van der Waals surface area contributed by atoms with Gasteiger partial charge in [0, 0.05) is 26.3 Å². The van der Waals surface area contributed by atoms with Crippen LogP contribution in [-0.2, 0) is 9.53 Å². The molecule has 1 aromatic carbocycles. The fraction of sp³-hybridized carbons (Fsp3) is 0.500. The molecule has 1 saturated heterocycles. The summed E-state index contributed by atoms with van der Waals surface area (Å²) >= 11 is 0. The summed E-state index contributed by atoms with van der Waals surface area (Å²) in [4.78, 5) is 13.1. The predicted molar refractivity (Wildman–Crippen MR) is 71.8 cm³/mol. The lowest BCUT2D eigenvalue weighted by Crippen LogP contribution is -2.49. The van der Waals surface area contributed by atoms with E-state index in [1.54, 1.807) is 0 Å². The van der Waals surface area contributed by atoms with Gasteiger partial charge < -0.3 is 10.1 Å². The first-order valence-electron chi connectivity index (χ1n) is 6.76. The van der Waals surface area contributed by atoms with E-state index in [4.69, 9.17) is 0 Å². The molecule has 1 fully saturated rings. The molecule has 1 aliphatic rings. The van der Waals surface area contributed by atoms with Gasteiger partial charge in [-0.1, -0.05) is 0 Å². The molecule has 1 N–H and O–H groups in total. The van der Waals surface area contributed by atoms with Gasteiger partial charge in [0.15, 0.2) is 5.60 Å². The number of hydrogen-bond donors (Lipinski definition) is 1. The van der Waals surface area contributed by atoms with Crippen molar-refractivity contribution >= 4 is 11.6 Å². The maximum Gasteiger partial charge on any atom is 0.418 e. The minimum Gasteiger partial charge on any atom is -0.367 e. The summed E-state index contributed by atoms with van der Waals surface area (Å²) in [7, 11) is 0.977. The number of carbonyl (C=O) groups is 1. The Bertz CT molecular complexity index is 593. The average molecular weight is 338 g/mol. The molecule has 23 heavy (non-hydrogen) atoms. The Labute approximate surface area is 129 Å². The number of benzene rings is 1. The maximum absolute atomic E-state index is 13.4. The number of methoxy groups -OCH3 is 1. The summed E-state index contributed by atoms with van der Waals surface area (Å²) in [5, 5.41) is 2.20. The number of anilines is 1. The third-order valence-electron chi connectivity index (χ3n) is 3.79. The smallest absolute Gasteiger partial charge is 0.367 e. The number of rotatable bonds is 4. The predicted octanol–water partition coefficient (Wildman–Crippen LogP) is 2.56. The second-order valence-corrected chi connectivity index (χ2v) is 5.33. The number of hydrogen-bond acceptors (Lipinski definition) is 3. The van der Waals surface area contributed by atoms with E-state index >= 15 is 0 Å². The summed E-state index contributed by atoms with van der Waals surface area (Å²) in [6.07, 6.45) is -4.83. The fourth-order valence-corrected chi connectivity index (χ4v) is 2.49. The molecule has 0 bridgehead atoms. The molecule has 1 unspecified atom stereocenters. The topological polar surface area (TPSA) is 41.6 Å². The van der Waals surface area contributed by atoms with E-state index in [1.165, 1.54) is 4.90 Å². The summed E-state index contributed by atoms with van der Waals surface area (Å²) in [5.41, 5.74) is -2.53. The molecule has 1 amide bonds. The summed E-state index contributed by atoms with van der Waals surface area (Å²) < 4.78 is 69.9. The van der Waals surface area contributed by atoms with Crippen LogP contribution in [0.5, 0.6) is 0 Å². The fourth-order valence-electron chi connectivity index (χ4n) is 2.49. The summed E-state index contributed by atoms with van der Waals surface area (Å²) in [6.45, 7) is -0.809. The molecule has 0 saturated carbocycles. The number of nitrogens with one attached hydrogen (secondary N) is 1. The van der Waals surface area contributed by atoms with Gasteiger partial charge >= 0.3 is 6.18 Å². The highest BCUT2D eigenvalue weighted by Gasteiger charge is 2.58. The van der Waals surface area contributed by atoms with Crippen LogP contribution >= 0.6 is 0 Å². The van der Waals surface area contributed by atoms with Crippen molar-refractivity contribution in [3.63, 3.8) is 0 Å². The normalized spacial score (nSPS) is 22.3. The second-order valence-electron chi connectivity index (χ2n) is 5.33. The SMILES string of the molecule is COC1(C(F)(F)F)CCN(CC(=O)Nc2ccc(F)cc2F)C1. The maximum atomic E-state index is 13.4. The third kappa shape index (κ3) is 3.78. The average Bonchev–Trinajstić information content (AvgIpc) is 2.86. The molecule has 4 nitrogen and oxygen atoms in total. The summed E-state index contributed by atoms with van der Waals surface area (Å²) in [6, 6.07) is 2.61. The van der Waals surface area contributed by atoms with Crippen molar-refractivity contribution in [3.05, 3.63) is 29.8 Å². The lowest BCUT2D eigenvalue weighted by Gasteiger charge is -2.30. The van der Waals surface area contributed by atoms with Crippen LogP contribution < -0.4 is 5.32 Å². The van der Waals surface area contributed by atoms with Crippen molar-refractivity contribution in [3.8, 4) is 0 Å². The van der Waals surface area contributed by atoms with Crippen molar-refractivity contribution in [2.75, 3.05) is 32.1 Å². The van der Waals surface area contributed by atoms with Crippen molar-refractivity contribution in [1.82, 2.24) is 4.90 Å². The molecular weight excluding hydrogens is 323 g/mol. The van der Waals surface area contributed by atoms with Gasteiger partial charge in [-0.15, -0.1) is 0 Å². The van der Waals surface area contributed by atoms with E-state index in [0.717, 1.165) is 19.2 Å². The Morgan fingerprint density at radius 3 is 2.61 bits per heavy atom. The van der Waals surface area contributed by atoms with Crippen LogP contribution in [0, 0.1) is 11.6 Å². The Balaban J connectivity index is 1.97. The molecular formula is C14H15F5N2O2. The van der Waals surface area contributed by atoms with Gasteiger partial charge in [-0.3, -0.25) is 9.69 Å². The van der Waals surface area contributed by atoms with E-state index in [-0.39, 0.29) is 25.2 Å². The van der Waals surface area contributed by atoms with Gasteiger partial charge in [0.25, 0.3) is 0 Å². The molecule has 0 spiro atoms.